The van der Waals surface area contributed by atoms with Gasteiger partial charge in [0.2, 0.25) is 0 Å². The highest BCUT2D eigenvalue weighted by atomic mass is 32.2. The van der Waals surface area contributed by atoms with Crippen LogP contribution in [0.1, 0.15) is 42.6 Å². The normalized spacial score (nSPS) is 17.7. The number of alkyl halides is 3. The number of carbonyl (C=O) groups is 1. The summed E-state index contributed by atoms with van der Waals surface area (Å²) in [6.45, 7) is 3.13. The van der Waals surface area contributed by atoms with E-state index in [9.17, 15) is 26.4 Å². The number of benzene rings is 1. The van der Waals surface area contributed by atoms with Crippen LogP contribution in [0, 0.1) is 6.92 Å². The Labute approximate surface area is 131 Å². The molecule has 0 bridgehead atoms. The van der Waals surface area contributed by atoms with Crippen molar-refractivity contribution >= 4 is 16.1 Å². The number of halogens is 3. The summed E-state index contributed by atoms with van der Waals surface area (Å²) in [7, 11) is -5.71. The summed E-state index contributed by atoms with van der Waals surface area (Å²) in [5.41, 5.74) is -3.88. The summed E-state index contributed by atoms with van der Waals surface area (Å²) >= 11 is 0. The van der Waals surface area contributed by atoms with Gasteiger partial charge in [-0.25, -0.2) is 0 Å². The van der Waals surface area contributed by atoms with Crippen LogP contribution in [0.15, 0.2) is 12.1 Å². The molecule has 2 rings (SSSR count). The number of ether oxygens (including phenoxy) is 1. The molecule has 0 unspecified atom stereocenters. The summed E-state index contributed by atoms with van der Waals surface area (Å²) in [5, 5.41) is 0. The topological polar surface area (TPSA) is 69.7 Å². The second kappa shape index (κ2) is 6.03. The quantitative estimate of drug-likeness (QED) is 0.473. The van der Waals surface area contributed by atoms with Gasteiger partial charge in [0.1, 0.15) is 11.9 Å². The van der Waals surface area contributed by atoms with Gasteiger partial charge in [0.15, 0.2) is 0 Å². The SMILES string of the molecule is CCC(=O)O[C@@H]1CCc2c1ccc(OS(=O)(=O)C(F)(F)F)c2C. The predicted molar refractivity (Wildman–Crippen MR) is 74.2 cm³/mol. The standard InChI is InChI=1S/C14H15F3O5S/c1-3-13(18)21-12-7-4-9-8(2)11(6-5-10(9)12)22-23(19,20)14(15,16)17/h5-6,12H,3-4,7H2,1-2H3/t12-/m1/s1. The first-order valence-electron chi connectivity index (χ1n) is 6.89. The second-order valence-electron chi connectivity index (χ2n) is 5.11. The van der Waals surface area contributed by atoms with Crippen LogP contribution in [0.3, 0.4) is 0 Å². The van der Waals surface area contributed by atoms with E-state index < -0.39 is 21.7 Å². The number of carbonyl (C=O) groups excluding carboxylic acids is 1. The minimum Gasteiger partial charge on any atom is -0.457 e. The highest BCUT2D eigenvalue weighted by Crippen LogP contribution is 2.40. The molecule has 0 aromatic heterocycles. The lowest BCUT2D eigenvalue weighted by Gasteiger charge is -2.16. The summed E-state index contributed by atoms with van der Waals surface area (Å²) in [5.74, 6) is -0.746. The van der Waals surface area contributed by atoms with E-state index in [0.717, 1.165) is 6.07 Å². The Morgan fingerprint density at radius 1 is 1.35 bits per heavy atom. The minimum absolute atomic E-state index is 0.218. The van der Waals surface area contributed by atoms with Crippen molar-refractivity contribution in [3.05, 3.63) is 28.8 Å². The zero-order chi connectivity index (χ0) is 17.4. The van der Waals surface area contributed by atoms with Gasteiger partial charge in [-0.15, -0.1) is 0 Å². The first kappa shape index (κ1) is 17.6. The van der Waals surface area contributed by atoms with Gasteiger partial charge < -0.3 is 8.92 Å². The van der Waals surface area contributed by atoms with Gasteiger partial charge in [0, 0.05) is 6.42 Å². The molecule has 0 aliphatic heterocycles. The average molecular weight is 352 g/mol. The summed E-state index contributed by atoms with van der Waals surface area (Å²) < 4.78 is 68.9. The van der Waals surface area contributed by atoms with Crippen molar-refractivity contribution in [1.82, 2.24) is 0 Å². The third-order valence-corrected chi connectivity index (χ3v) is 4.60. The molecule has 0 saturated carbocycles. The van der Waals surface area contributed by atoms with Crippen molar-refractivity contribution in [1.29, 1.82) is 0 Å². The summed E-state index contributed by atoms with van der Waals surface area (Å²) in [6.07, 6.45) is 0.712. The van der Waals surface area contributed by atoms with Gasteiger partial charge in [-0.1, -0.05) is 13.0 Å². The third-order valence-electron chi connectivity index (χ3n) is 3.63. The first-order chi connectivity index (χ1) is 10.6. The molecule has 0 saturated heterocycles. The van der Waals surface area contributed by atoms with E-state index in [0.29, 0.717) is 29.5 Å². The number of esters is 1. The van der Waals surface area contributed by atoms with E-state index in [1.54, 1.807) is 6.92 Å². The number of fused-ring (bicyclic) bond motifs is 1. The Morgan fingerprint density at radius 2 is 2.00 bits per heavy atom. The first-order valence-corrected chi connectivity index (χ1v) is 8.30. The molecular weight excluding hydrogens is 337 g/mol. The highest BCUT2D eigenvalue weighted by Gasteiger charge is 2.48. The maximum atomic E-state index is 12.4. The van der Waals surface area contributed by atoms with Crippen molar-refractivity contribution in [3.63, 3.8) is 0 Å². The van der Waals surface area contributed by atoms with Gasteiger partial charge >= 0.3 is 21.6 Å². The van der Waals surface area contributed by atoms with E-state index in [1.807, 2.05) is 0 Å². The van der Waals surface area contributed by atoms with Crippen molar-refractivity contribution in [3.8, 4) is 5.75 Å². The van der Waals surface area contributed by atoms with Gasteiger partial charge in [-0.2, -0.15) is 21.6 Å². The molecule has 1 aromatic carbocycles. The molecule has 9 heteroatoms. The zero-order valence-electron chi connectivity index (χ0n) is 12.4. The molecule has 0 N–H and O–H groups in total. The van der Waals surface area contributed by atoms with Crippen LogP contribution < -0.4 is 4.18 Å². The predicted octanol–water partition coefficient (Wildman–Crippen LogP) is 3.16. The maximum Gasteiger partial charge on any atom is 0.534 e. The van der Waals surface area contributed by atoms with Gasteiger partial charge in [-0.3, -0.25) is 4.79 Å². The van der Waals surface area contributed by atoms with E-state index in [1.165, 1.54) is 13.0 Å². The zero-order valence-corrected chi connectivity index (χ0v) is 13.3. The lowest BCUT2D eigenvalue weighted by Crippen LogP contribution is -2.28. The summed E-state index contributed by atoms with van der Waals surface area (Å²) in [6, 6.07) is 2.58. The van der Waals surface area contributed by atoms with Crippen LogP contribution in [0.4, 0.5) is 13.2 Å². The molecule has 0 heterocycles. The van der Waals surface area contributed by atoms with Crippen LogP contribution in [0.25, 0.3) is 0 Å². The van der Waals surface area contributed by atoms with Crippen LogP contribution in [0.2, 0.25) is 0 Å². The highest BCUT2D eigenvalue weighted by molar-refractivity contribution is 7.88. The fourth-order valence-corrected chi connectivity index (χ4v) is 2.95. The fourth-order valence-electron chi connectivity index (χ4n) is 2.44. The molecule has 1 atom stereocenters. The van der Waals surface area contributed by atoms with Crippen molar-refractivity contribution in [2.45, 2.75) is 44.7 Å². The van der Waals surface area contributed by atoms with Gasteiger partial charge in [0.05, 0.1) is 0 Å². The molecule has 23 heavy (non-hydrogen) atoms. The number of hydrogen-bond donors (Lipinski definition) is 0. The van der Waals surface area contributed by atoms with Crippen LogP contribution in [-0.4, -0.2) is 19.9 Å². The molecule has 1 aromatic rings. The Bertz CT molecular complexity index is 725. The molecule has 1 aliphatic rings. The molecule has 5 nitrogen and oxygen atoms in total. The van der Waals surface area contributed by atoms with Crippen LogP contribution >= 0.6 is 0 Å². The van der Waals surface area contributed by atoms with Crippen LogP contribution in [0.5, 0.6) is 5.75 Å². The number of rotatable bonds is 4. The maximum absolute atomic E-state index is 12.4. The molecular formula is C14H15F3O5S. The van der Waals surface area contributed by atoms with Crippen molar-refractivity contribution in [2.24, 2.45) is 0 Å². The molecule has 0 amide bonds. The van der Waals surface area contributed by atoms with E-state index >= 15 is 0 Å². The minimum atomic E-state index is -5.71. The smallest absolute Gasteiger partial charge is 0.457 e. The van der Waals surface area contributed by atoms with Crippen molar-refractivity contribution < 1.29 is 35.3 Å². The Kier molecular flexibility index (Phi) is 4.61. The number of hydrogen-bond acceptors (Lipinski definition) is 5. The van der Waals surface area contributed by atoms with Crippen LogP contribution in [-0.2, 0) is 26.1 Å². The monoisotopic (exact) mass is 352 g/mol. The van der Waals surface area contributed by atoms with Crippen molar-refractivity contribution in [2.75, 3.05) is 0 Å². The third kappa shape index (κ3) is 3.44. The van der Waals surface area contributed by atoms with E-state index in [2.05, 4.69) is 4.18 Å². The molecule has 128 valence electrons. The molecule has 1 aliphatic carbocycles. The average Bonchev–Trinajstić information content (AvgIpc) is 2.84. The second-order valence-corrected chi connectivity index (χ2v) is 6.65. The Hall–Kier alpha value is -1.77. The van der Waals surface area contributed by atoms with E-state index in [-0.39, 0.29) is 18.1 Å². The Morgan fingerprint density at radius 3 is 2.57 bits per heavy atom. The summed E-state index contributed by atoms with van der Waals surface area (Å²) in [4.78, 5) is 11.4. The molecule has 0 radical (unpaired) electrons. The lowest BCUT2D eigenvalue weighted by atomic mass is 10.0. The molecule has 0 spiro atoms. The fraction of sp³-hybridized carbons (Fsp3) is 0.500. The largest absolute Gasteiger partial charge is 0.534 e. The molecule has 0 fully saturated rings. The van der Waals surface area contributed by atoms with Gasteiger partial charge in [0.25, 0.3) is 0 Å². The van der Waals surface area contributed by atoms with E-state index in [4.69, 9.17) is 4.74 Å². The van der Waals surface area contributed by atoms with Gasteiger partial charge in [-0.05, 0) is 42.5 Å². The Balaban J connectivity index is 2.30. The lowest BCUT2D eigenvalue weighted by molar-refractivity contribution is -0.149.